The zero-order valence-electron chi connectivity index (χ0n) is 15.3. The van der Waals surface area contributed by atoms with Gasteiger partial charge in [0.2, 0.25) is 5.91 Å². The van der Waals surface area contributed by atoms with E-state index in [-0.39, 0.29) is 11.6 Å². The molecule has 0 N–H and O–H groups in total. The highest BCUT2D eigenvalue weighted by atomic mass is 35.5. The molecule has 0 aliphatic carbocycles. The van der Waals surface area contributed by atoms with Gasteiger partial charge in [-0.25, -0.2) is 4.98 Å². The summed E-state index contributed by atoms with van der Waals surface area (Å²) in [7, 11) is 0. The van der Waals surface area contributed by atoms with Crippen LogP contribution in [0.1, 0.15) is 5.56 Å². The van der Waals surface area contributed by atoms with Gasteiger partial charge in [0.05, 0.1) is 15.1 Å². The molecule has 0 radical (unpaired) electrons. The summed E-state index contributed by atoms with van der Waals surface area (Å²) >= 11 is 7.65. The van der Waals surface area contributed by atoms with Gasteiger partial charge in [0, 0.05) is 49.4 Å². The molecule has 29 heavy (non-hydrogen) atoms. The summed E-state index contributed by atoms with van der Waals surface area (Å²) < 4.78 is 1.05. The number of benzene rings is 2. The van der Waals surface area contributed by atoms with Crippen LogP contribution in [-0.4, -0.2) is 46.9 Å². The van der Waals surface area contributed by atoms with Gasteiger partial charge >= 0.3 is 0 Å². The van der Waals surface area contributed by atoms with E-state index >= 15 is 0 Å². The number of aromatic nitrogens is 1. The lowest BCUT2D eigenvalue weighted by atomic mass is 10.2. The number of rotatable bonds is 4. The Labute approximate surface area is 176 Å². The number of nitro benzene ring substituents is 1. The smallest absolute Gasteiger partial charge is 0.269 e. The summed E-state index contributed by atoms with van der Waals surface area (Å²) in [5.74, 6) is -0.0703. The van der Waals surface area contributed by atoms with Gasteiger partial charge in [-0.15, -0.1) is 0 Å². The van der Waals surface area contributed by atoms with Crippen LogP contribution < -0.4 is 4.90 Å². The number of amides is 1. The van der Waals surface area contributed by atoms with E-state index in [1.54, 1.807) is 34.4 Å². The van der Waals surface area contributed by atoms with E-state index in [0.717, 1.165) is 20.9 Å². The molecule has 0 saturated carbocycles. The van der Waals surface area contributed by atoms with Crippen molar-refractivity contribution in [2.45, 2.75) is 0 Å². The monoisotopic (exact) mass is 428 g/mol. The van der Waals surface area contributed by atoms with Crippen molar-refractivity contribution < 1.29 is 9.72 Å². The number of fused-ring (bicyclic) bond motifs is 1. The maximum Gasteiger partial charge on any atom is 0.269 e. The predicted molar refractivity (Wildman–Crippen MR) is 116 cm³/mol. The minimum Gasteiger partial charge on any atom is -0.345 e. The Morgan fingerprint density at radius 1 is 1.14 bits per heavy atom. The van der Waals surface area contributed by atoms with Crippen LogP contribution in [0.25, 0.3) is 16.3 Å². The summed E-state index contributed by atoms with van der Waals surface area (Å²) in [4.78, 5) is 31.3. The first kappa shape index (κ1) is 19.4. The van der Waals surface area contributed by atoms with Crippen LogP contribution in [0.2, 0.25) is 5.02 Å². The van der Waals surface area contributed by atoms with E-state index in [2.05, 4.69) is 9.88 Å². The van der Waals surface area contributed by atoms with Crippen LogP contribution in [0, 0.1) is 10.1 Å². The molecule has 1 saturated heterocycles. The third kappa shape index (κ3) is 4.38. The molecule has 1 fully saturated rings. The van der Waals surface area contributed by atoms with Crippen molar-refractivity contribution >= 4 is 56.0 Å². The molecule has 1 aliphatic rings. The fourth-order valence-corrected chi connectivity index (χ4v) is 4.41. The van der Waals surface area contributed by atoms with Crippen LogP contribution in [0.4, 0.5) is 10.8 Å². The second-order valence-electron chi connectivity index (χ2n) is 6.60. The Bertz CT molecular complexity index is 1090. The Morgan fingerprint density at radius 2 is 1.86 bits per heavy atom. The first-order valence-electron chi connectivity index (χ1n) is 9.02. The lowest BCUT2D eigenvalue weighted by molar-refractivity contribution is -0.384. The molecular weight excluding hydrogens is 412 g/mol. The summed E-state index contributed by atoms with van der Waals surface area (Å²) in [6.45, 7) is 2.65. The zero-order valence-corrected chi connectivity index (χ0v) is 16.9. The topological polar surface area (TPSA) is 79.6 Å². The van der Waals surface area contributed by atoms with Crippen LogP contribution in [-0.2, 0) is 4.79 Å². The molecule has 1 aromatic heterocycles. The highest BCUT2D eigenvalue weighted by molar-refractivity contribution is 7.22. The average molecular weight is 429 g/mol. The second-order valence-corrected chi connectivity index (χ2v) is 8.05. The van der Waals surface area contributed by atoms with Gasteiger partial charge in [-0.3, -0.25) is 14.9 Å². The minimum absolute atomic E-state index is 0.0294. The molecule has 2 aromatic carbocycles. The van der Waals surface area contributed by atoms with E-state index in [4.69, 9.17) is 11.6 Å². The van der Waals surface area contributed by atoms with E-state index in [1.165, 1.54) is 18.2 Å². The first-order chi connectivity index (χ1) is 14.0. The summed E-state index contributed by atoms with van der Waals surface area (Å²) in [6, 6.07) is 11.8. The fourth-order valence-electron chi connectivity index (χ4n) is 3.12. The van der Waals surface area contributed by atoms with Crippen molar-refractivity contribution in [3.63, 3.8) is 0 Å². The molecule has 4 rings (SSSR count). The van der Waals surface area contributed by atoms with E-state index in [9.17, 15) is 14.9 Å². The van der Waals surface area contributed by atoms with Crippen molar-refractivity contribution in [2.24, 2.45) is 0 Å². The normalized spacial score (nSPS) is 14.7. The first-order valence-corrected chi connectivity index (χ1v) is 10.2. The van der Waals surface area contributed by atoms with Crippen molar-refractivity contribution in [1.82, 2.24) is 9.88 Å². The minimum atomic E-state index is -0.446. The number of hydrogen-bond acceptors (Lipinski definition) is 6. The largest absolute Gasteiger partial charge is 0.345 e. The maximum atomic E-state index is 12.5. The number of hydrogen-bond donors (Lipinski definition) is 0. The molecule has 0 bridgehead atoms. The van der Waals surface area contributed by atoms with Crippen molar-refractivity contribution in [2.75, 3.05) is 31.1 Å². The van der Waals surface area contributed by atoms with Crippen LogP contribution in [0.5, 0.6) is 0 Å². The average Bonchev–Trinajstić information content (AvgIpc) is 3.15. The third-order valence-electron chi connectivity index (χ3n) is 4.72. The number of nitro groups is 1. The molecule has 9 heteroatoms. The number of halogens is 1. The highest BCUT2D eigenvalue weighted by Gasteiger charge is 2.22. The number of piperazine rings is 1. The van der Waals surface area contributed by atoms with E-state index < -0.39 is 4.92 Å². The Hall–Kier alpha value is -2.97. The Morgan fingerprint density at radius 3 is 2.55 bits per heavy atom. The number of non-ortho nitro benzene ring substituents is 1. The molecular formula is C20H17ClN4O3S. The van der Waals surface area contributed by atoms with Crippen molar-refractivity contribution in [3.8, 4) is 0 Å². The number of anilines is 1. The zero-order chi connectivity index (χ0) is 20.4. The van der Waals surface area contributed by atoms with E-state index in [0.29, 0.717) is 31.2 Å². The van der Waals surface area contributed by atoms with Gasteiger partial charge in [-0.2, -0.15) is 0 Å². The van der Waals surface area contributed by atoms with Crippen LogP contribution >= 0.6 is 22.9 Å². The lowest BCUT2D eigenvalue weighted by Crippen LogP contribution is -2.48. The number of thiazole rings is 1. The molecule has 3 aromatic rings. The molecule has 0 unspecified atom stereocenters. The molecule has 7 nitrogen and oxygen atoms in total. The Kier molecular flexibility index (Phi) is 5.46. The second kappa shape index (κ2) is 8.18. The highest BCUT2D eigenvalue weighted by Crippen LogP contribution is 2.31. The van der Waals surface area contributed by atoms with Crippen LogP contribution in [0.15, 0.2) is 48.5 Å². The van der Waals surface area contributed by atoms with Gasteiger partial charge < -0.3 is 9.80 Å². The SMILES string of the molecule is O=C(/C=C/c1ccc([N+](=O)[O-])cc1)N1CCN(c2nc3ccc(Cl)cc3s2)CC1. The number of carbonyl (C=O) groups is 1. The predicted octanol–water partition coefficient (Wildman–Crippen LogP) is 4.22. The van der Waals surface area contributed by atoms with Gasteiger partial charge in [-0.05, 0) is 42.0 Å². The molecule has 1 amide bonds. The van der Waals surface area contributed by atoms with Gasteiger partial charge in [0.25, 0.3) is 5.69 Å². The lowest BCUT2D eigenvalue weighted by Gasteiger charge is -2.34. The summed E-state index contributed by atoms with van der Waals surface area (Å²) in [6.07, 6.45) is 3.19. The van der Waals surface area contributed by atoms with Gasteiger partial charge in [0.15, 0.2) is 5.13 Å². The van der Waals surface area contributed by atoms with Crippen molar-refractivity contribution in [3.05, 3.63) is 69.2 Å². The number of nitrogens with zero attached hydrogens (tertiary/aromatic N) is 4. The Balaban J connectivity index is 1.35. The number of carbonyl (C=O) groups excluding carboxylic acids is 1. The molecule has 0 spiro atoms. The quantitative estimate of drug-likeness (QED) is 0.353. The summed E-state index contributed by atoms with van der Waals surface area (Å²) in [5, 5.41) is 12.3. The maximum absolute atomic E-state index is 12.5. The fraction of sp³-hybridized carbons (Fsp3) is 0.200. The summed E-state index contributed by atoms with van der Waals surface area (Å²) in [5.41, 5.74) is 1.70. The molecule has 2 heterocycles. The molecule has 0 atom stereocenters. The third-order valence-corrected chi connectivity index (χ3v) is 6.04. The molecule has 148 valence electrons. The standard InChI is InChI=1S/C20H17ClN4O3S/c21-15-4-7-17-18(13-15)29-20(22-17)24-11-9-23(10-12-24)19(26)8-3-14-1-5-16(6-2-14)25(27)28/h1-8,13H,9-12H2/b8-3+. The van der Waals surface area contributed by atoms with Gasteiger partial charge in [0.1, 0.15) is 0 Å². The van der Waals surface area contributed by atoms with Gasteiger partial charge in [-0.1, -0.05) is 22.9 Å². The van der Waals surface area contributed by atoms with E-state index in [1.807, 2.05) is 18.2 Å². The van der Waals surface area contributed by atoms with Crippen LogP contribution in [0.3, 0.4) is 0 Å². The molecule has 1 aliphatic heterocycles. The van der Waals surface area contributed by atoms with Crippen molar-refractivity contribution in [1.29, 1.82) is 0 Å².